The van der Waals surface area contributed by atoms with E-state index in [0.29, 0.717) is 6.10 Å². The maximum Gasteiger partial charge on any atom is 0.231 e. The van der Waals surface area contributed by atoms with E-state index < -0.39 is 0 Å². The Kier molecular flexibility index (Phi) is 3.70. The monoisotopic (exact) mass is 301 g/mol. The summed E-state index contributed by atoms with van der Waals surface area (Å²) >= 11 is 0. The van der Waals surface area contributed by atoms with Gasteiger partial charge in [0.2, 0.25) is 6.79 Å². The number of hydrogen-bond donors (Lipinski definition) is 2. The van der Waals surface area contributed by atoms with E-state index >= 15 is 0 Å². The van der Waals surface area contributed by atoms with Crippen molar-refractivity contribution in [3.63, 3.8) is 0 Å². The van der Waals surface area contributed by atoms with Crippen LogP contribution in [-0.2, 0) is 11.3 Å². The molecule has 116 valence electrons. The fourth-order valence-corrected chi connectivity index (χ4v) is 2.92. The van der Waals surface area contributed by atoms with Crippen LogP contribution in [0.5, 0.6) is 11.5 Å². The standard InChI is InChI=1S/C16H19N3O3/c1-2-13(20-5-1)9-17-7-12-8-18-19-16(12)11-3-4-14-15(6-11)22-10-21-14/h3-4,6,8,13,17H,1-2,5,7,9-10H2,(H,18,19)/t13-/m0/s1. The van der Waals surface area contributed by atoms with Crippen molar-refractivity contribution in [2.45, 2.75) is 25.5 Å². The molecule has 2 N–H and O–H groups in total. The van der Waals surface area contributed by atoms with E-state index in [1.54, 1.807) is 0 Å². The number of aromatic amines is 1. The summed E-state index contributed by atoms with van der Waals surface area (Å²) in [5.41, 5.74) is 3.20. The van der Waals surface area contributed by atoms with E-state index in [1.807, 2.05) is 24.4 Å². The molecule has 1 aromatic carbocycles. The lowest BCUT2D eigenvalue weighted by Gasteiger charge is -2.11. The molecule has 1 fully saturated rings. The second-order valence-corrected chi connectivity index (χ2v) is 5.60. The lowest BCUT2D eigenvalue weighted by molar-refractivity contribution is 0.110. The van der Waals surface area contributed by atoms with Crippen LogP contribution in [0.1, 0.15) is 18.4 Å². The summed E-state index contributed by atoms with van der Waals surface area (Å²) in [5, 5.41) is 10.7. The Bertz CT molecular complexity index is 650. The lowest BCUT2D eigenvalue weighted by atomic mass is 10.1. The Hall–Kier alpha value is -2.05. The molecule has 6 heteroatoms. The zero-order valence-electron chi connectivity index (χ0n) is 12.3. The largest absolute Gasteiger partial charge is 0.454 e. The molecule has 2 aromatic rings. The molecule has 1 atom stereocenters. The fraction of sp³-hybridized carbons (Fsp3) is 0.438. The Morgan fingerprint density at radius 3 is 3.14 bits per heavy atom. The summed E-state index contributed by atoms with van der Waals surface area (Å²) < 4.78 is 16.4. The number of fused-ring (bicyclic) bond motifs is 1. The molecular formula is C16H19N3O3. The van der Waals surface area contributed by atoms with Crippen LogP contribution in [0.2, 0.25) is 0 Å². The van der Waals surface area contributed by atoms with Crippen LogP contribution in [0.15, 0.2) is 24.4 Å². The minimum absolute atomic E-state index is 0.289. The molecule has 2 aliphatic rings. The predicted octanol–water partition coefficient (Wildman–Crippen LogP) is 2.07. The Labute approximate surface area is 128 Å². The van der Waals surface area contributed by atoms with Gasteiger partial charge >= 0.3 is 0 Å². The number of aromatic nitrogens is 2. The quantitative estimate of drug-likeness (QED) is 0.885. The minimum Gasteiger partial charge on any atom is -0.454 e. The molecule has 0 spiro atoms. The van der Waals surface area contributed by atoms with Crippen LogP contribution in [-0.4, -0.2) is 36.2 Å². The summed E-state index contributed by atoms with van der Waals surface area (Å²) in [6.45, 7) is 2.82. The second kappa shape index (κ2) is 5.98. The van der Waals surface area contributed by atoms with Crippen molar-refractivity contribution < 1.29 is 14.2 Å². The van der Waals surface area contributed by atoms with Gasteiger partial charge in [-0.15, -0.1) is 0 Å². The van der Waals surface area contributed by atoms with Gasteiger partial charge in [-0.05, 0) is 31.0 Å². The smallest absolute Gasteiger partial charge is 0.231 e. The number of ether oxygens (including phenoxy) is 3. The molecule has 0 aliphatic carbocycles. The molecule has 0 bridgehead atoms. The van der Waals surface area contributed by atoms with Crippen molar-refractivity contribution in [3.05, 3.63) is 30.0 Å². The first kappa shape index (κ1) is 13.6. The Balaban J connectivity index is 1.45. The van der Waals surface area contributed by atoms with E-state index in [9.17, 15) is 0 Å². The molecular weight excluding hydrogens is 282 g/mol. The molecule has 1 saturated heterocycles. The zero-order chi connectivity index (χ0) is 14.8. The SMILES string of the molecule is c1cc2c(cc1-c1[nH]ncc1CNC[C@@H]1CCCO1)OCO2. The highest BCUT2D eigenvalue weighted by atomic mass is 16.7. The lowest BCUT2D eigenvalue weighted by Crippen LogP contribution is -2.25. The van der Waals surface area contributed by atoms with Gasteiger partial charge in [0.25, 0.3) is 0 Å². The first-order chi connectivity index (χ1) is 10.9. The van der Waals surface area contributed by atoms with E-state index in [-0.39, 0.29) is 6.79 Å². The zero-order valence-corrected chi connectivity index (χ0v) is 12.3. The van der Waals surface area contributed by atoms with Crippen LogP contribution >= 0.6 is 0 Å². The Morgan fingerprint density at radius 2 is 2.23 bits per heavy atom. The van der Waals surface area contributed by atoms with Crippen molar-refractivity contribution in [1.29, 1.82) is 0 Å². The number of nitrogens with zero attached hydrogens (tertiary/aromatic N) is 1. The van der Waals surface area contributed by atoms with Gasteiger partial charge in [0.05, 0.1) is 18.0 Å². The molecule has 22 heavy (non-hydrogen) atoms. The first-order valence-corrected chi connectivity index (χ1v) is 7.65. The molecule has 4 rings (SSSR count). The number of hydrogen-bond acceptors (Lipinski definition) is 5. The second-order valence-electron chi connectivity index (χ2n) is 5.60. The average molecular weight is 301 g/mol. The summed E-state index contributed by atoms with van der Waals surface area (Å²) in [7, 11) is 0. The summed E-state index contributed by atoms with van der Waals surface area (Å²) in [4.78, 5) is 0. The molecule has 0 saturated carbocycles. The van der Waals surface area contributed by atoms with Gasteiger partial charge in [0, 0.05) is 30.8 Å². The highest BCUT2D eigenvalue weighted by Gasteiger charge is 2.17. The van der Waals surface area contributed by atoms with Gasteiger partial charge in [0.1, 0.15) is 0 Å². The molecule has 3 heterocycles. The van der Waals surface area contributed by atoms with Gasteiger partial charge in [-0.1, -0.05) is 0 Å². The van der Waals surface area contributed by atoms with Crippen molar-refractivity contribution in [1.82, 2.24) is 15.5 Å². The molecule has 2 aliphatic heterocycles. The topological polar surface area (TPSA) is 68.4 Å². The van der Waals surface area contributed by atoms with E-state index in [1.165, 1.54) is 6.42 Å². The number of H-pyrrole nitrogens is 1. The third kappa shape index (κ3) is 2.67. The number of benzene rings is 1. The van der Waals surface area contributed by atoms with Crippen LogP contribution in [0.25, 0.3) is 11.3 Å². The minimum atomic E-state index is 0.289. The van der Waals surface area contributed by atoms with Gasteiger partial charge in [-0.25, -0.2) is 0 Å². The molecule has 6 nitrogen and oxygen atoms in total. The van der Waals surface area contributed by atoms with Crippen LogP contribution < -0.4 is 14.8 Å². The maximum atomic E-state index is 5.62. The van der Waals surface area contributed by atoms with Crippen molar-refractivity contribution in [2.75, 3.05) is 19.9 Å². The number of rotatable bonds is 5. The molecule has 1 aromatic heterocycles. The van der Waals surface area contributed by atoms with Gasteiger partial charge in [-0.2, -0.15) is 5.10 Å². The highest BCUT2D eigenvalue weighted by Crippen LogP contribution is 2.36. The molecule has 0 amide bonds. The summed E-state index contributed by atoms with van der Waals surface area (Å²) in [5.74, 6) is 1.58. The van der Waals surface area contributed by atoms with Crippen LogP contribution in [0.3, 0.4) is 0 Å². The van der Waals surface area contributed by atoms with Crippen LogP contribution in [0.4, 0.5) is 0 Å². The third-order valence-electron chi connectivity index (χ3n) is 4.09. The summed E-state index contributed by atoms with van der Waals surface area (Å²) in [6, 6.07) is 5.94. The van der Waals surface area contributed by atoms with Crippen LogP contribution in [0, 0.1) is 0 Å². The van der Waals surface area contributed by atoms with E-state index in [0.717, 1.165) is 54.4 Å². The van der Waals surface area contributed by atoms with Gasteiger partial charge in [0.15, 0.2) is 11.5 Å². The normalized spacial score (nSPS) is 19.7. The predicted molar refractivity (Wildman–Crippen MR) is 80.8 cm³/mol. The average Bonchev–Trinajstić information content (AvgIpc) is 3.28. The maximum absolute atomic E-state index is 5.62. The number of nitrogens with one attached hydrogen (secondary N) is 2. The van der Waals surface area contributed by atoms with Crippen molar-refractivity contribution in [3.8, 4) is 22.8 Å². The molecule has 0 radical (unpaired) electrons. The van der Waals surface area contributed by atoms with Gasteiger partial charge in [-0.3, -0.25) is 5.10 Å². The van der Waals surface area contributed by atoms with E-state index in [4.69, 9.17) is 14.2 Å². The van der Waals surface area contributed by atoms with Gasteiger partial charge < -0.3 is 19.5 Å². The van der Waals surface area contributed by atoms with E-state index in [2.05, 4.69) is 15.5 Å². The fourth-order valence-electron chi connectivity index (χ4n) is 2.92. The van der Waals surface area contributed by atoms with Crippen molar-refractivity contribution in [2.24, 2.45) is 0 Å². The van der Waals surface area contributed by atoms with Crippen molar-refractivity contribution >= 4 is 0 Å². The Morgan fingerprint density at radius 1 is 1.27 bits per heavy atom. The highest BCUT2D eigenvalue weighted by molar-refractivity contribution is 5.66. The summed E-state index contributed by atoms with van der Waals surface area (Å²) in [6.07, 6.45) is 4.52. The molecule has 0 unspecified atom stereocenters. The first-order valence-electron chi connectivity index (χ1n) is 7.65. The third-order valence-corrected chi connectivity index (χ3v) is 4.09.